The highest BCUT2D eigenvalue weighted by Crippen LogP contribution is 2.17. The van der Waals surface area contributed by atoms with Gasteiger partial charge < -0.3 is 5.32 Å². The molecule has 0 unspecified atom stereocenters. The Morgan fingerprint density at radius 1 is 1.24 bits per heavy atom. The Labute approximate surface area is 151 Å². The standard InChI is InChI=1S/C19H21N3O2S/c1-3-4-8-14(2)12-20-17(23)11-16-13-25-19(21-16)22-18(24)15-9-6-5-7-10-15/h3-10,13H,11-12H2,1-2H3,(H,20,23)(H,21,22,24)/b4-3-,14-8+. The van der Waals surface area contributed by atoms with Gasteiger partial charge in [0.2, 0.25) is 5.91 Å². The van der Waals surface area contributed by atoms with Crippen molar-refractivity contribution in [1.29, 1.82) is 0 Å². The molecule has 6 heteroatoms. The molecule has 0 aliphatic rings. The van der Waals surface area contributed by atoms with E-state index in [1.54, 1.807) is 29.6 Å². The lowest BCUT2D eigenvalue weighted by molar-refractivity contribution is -0.120. The smallest absolute Gasteiger partial charge is 0.257 e. The molecule has 0 radical (unpaired) electrons. The van der Waals surface area contributed by atoms with E-state index in [1.165, 1.54) is 11.3 Å². The maximum atomic E-state index is 12.1. The van der Waals surface area contributed by atoms with E-state index in [1.807, 2.05) is 38.1 Å². The van der Waals surface area contributed by atoms with Gasteiger partial charge in [-0.2, -0.15) is 0 Å². The molecule has 0 aliphatic carbocycles. The van der Waals surface area contributed by atoms with Crippen molar-refractivity contribution in [3.05, 3.63) is 70.8 Å². The molecule has 1 aromatic heterocycles. The fourth-order valence-corrected chi connectivity index (χ4v) is 2.69. The van der Waals surface area contributed by atoms with Crippen molar-refractivity contribution in [3.63, 3.8) is 0 Å². The minimum Gasteiger partial charge on any atom is -0.352 e. The van der Waals surface area contributed by atoms with Crippen LogP contribution in [-0.4, -0.2) is 23.3 Å². The second kappa shape index (κ2) is 9.54. The van der Waals surface area contributed by atoms with E-state index in [0.29, 0.717) is 22.9 Å². The minimum absolute atomic E-state index is 0.0977. The fraction of sp³-hybridized carbons (Fsp3) is 0.211. The zero-order valence-corrected chi connectivity index (χ0v) is 15.1. The Morgan fingerprint density at radius 2 is 2.00 bits per heavy atom. The molecule has 0 bridgehead atoms. The minimum atomic E-state index is -0.212. The first-order valence-corrected chi connectivity index (χ1v) is 8.82. The molecule has 25 heavy (non-hydrogen) atoms. The SMILES string of the molecule is C/C=C\C=C(/C)CNC(=O)Cc1csc(NC(=O)c2ccccc2)n1. The van der Waals surface area contributed by atoms with Crippen molar-refractivity contribution >= 4 is 28.3 Å². The zero-order valence-electron chi connectivity index (χ0n) is 14.3. The van der Waals surface area contributed by atoms with E-state index in [2.05, 4.69) is 15.6 Å². The molecule has 0 saturated carbocycles. The van der Waals surface area contributed by atoms with Crippen molar-refractivity contribution in [2.24, 2.45) is 0 Å². The lowest BCUT2D eigenvalue weighted by Gasteiger charge is -2.04. The Bertz CT molecular complexity index is 779. The molecule has 0 atom stereocenters. The van der Waals surface area contributed by atoms with Crippen LogP contribution in [0, 0.1) is 0 Å². The van der Waals surface area contributed by atoms with Crippen molar-refractivity contribution in [1.82, 2.24) is 10.3 Å². The summed E-state index contributed by atoms with van der Waals surface area (Å²) in [5.74, 6) is -0.310. The van der Waals surface area contributed by atoms with Crippen molar-refractivity contribution in [2.45, 2.75) is 20.3 Å². The molecule has 5 nitrogen and oxygen atoms in total. The Hall–Kier alpha value is -2.73. The van der Waals surface area contributed by atoms with Gasteiger partial charge in [0.1, 0.15) is 0 Å². The molecule has 130 valence electrons. The monoisotopic (exact) mass is 355 g/mol. The van der Waals surface area contributed by atoms with Crippen LogP contribution < -0.4 is 10.6 Å². The van der Waals surface area contributed by atoms with Crippen LogP contribution in [-0.2, 0) is 11.2 Å². The van der Waals surface area contributed by atoms with Crippen molar-refractivity contribution < 1.29 is 9.59 Å². The molecular weight excluding hydrogens is 334 g/mol. The number of allylic oxidation sites excluding steroid dienone is 3. The van der Waals surface area contributed by atoms with Gasteiger partial charge >= 0.3 is 0 Å². The number of hydrogen-bond donors (Lipinski definition) is 2. The molecule has 2 N–H and O–H groups in total. The summed E-state index contributed by atoms with van der Waals surface area (Å²) in [6.45, 7) is 4.41. The first kappa shape index (κ1) is 18.6. The van der Waals surface area contributed by atoms with Gasteiger partial charge in [0, 0.05) is 17.5 Å². The van der Waals surface area contributed by atoms with Gasteiger partial charge in [0.05, 0.1) is 12.1 Å². The van der Waals surface area contributed by atoms with Crippen LogP contribution in [0.2, 0.25) is 0 Å². The number of nitrogens with zero attached hydrogens (tertiary/aromatic N) is 1. The third kappa shape index (κ3) is 6.35. The number of anilines is 1. The second-order valence-corrected chi connectivity index (χ2v) is 6.31. The topological polar surface area (TPSA) is 71.1 Å². The largest absolute Gasteiger partial charge is 0.352 e. The maximum absolute atomic E-state index is 12.1. The Kier molecular flexibility index (Phi) is 7.10. The molecule has 2 aromatic rings. The van der Waals surface area contributed by atoms with Gasteiger partial charge in [-0.3, -0.25) is 14.9 Å². The van der Waals surface area contributed by atoms with E-state index < -0.39 is 0 Å². The summed E-state index contributed by atoms with van der Waals surface area (Å²) in [5.41, 5.74) is 2.28. The summed E-state index contributed by atoms with van der Waals surface area (Å²) in [6.07, 6.45) is 6.02. The first-order chi connectivity index (χ1) is 12.1. The van der Waals surface area contributed by atoms with Gasteiger partial charge in [-0.15, -0.1) is 11.3 Å². The number of rotatable bonds is 7. The maximum Gasteiger partial charge on any atom is 0.257 e. The second-order valence-electron chi connectivity index (χ2n) is 5.46. The molecule has 0 fully saturated rings. The highest BCUT2D eigenvalue weighted by molar-refractivity contribution is 7.14. The number of nitrogens with one attached hydrogen (secondary N) is 2. The van der Waals surface area contributed by atoms with E-state index in [-0.39, 0.29) is 18.2 Å². The summed E-state index contributed by atoms with van der Waals surface area (Å²) < 4.78 is 0. The summed E-state index contributed by atoms with van der Waals surface area (Å²) >= 11 is 1.31. The Morgan fingerprint density at radius 3 is 2.72 bits per heavy atom. The summed E-state index contributed by atoms with van der Waals surface area (Å²) in [5, 5.41) is 7.86. The van der Waals surface area contributed by atoms with Crippen molar-refractivity contribution in [3.8, 4) is 0 Å². The van der Waals surface area contributed by atoms with Gasteiger partial charge in [-0.05, 0) is 26.0 Å². The average molecular weight is 355 g/mol. The van der Waals surface area contributed by atoms with Crippen LogP contribution in [0.25, 0.3) is 0 Å². The highest BCUT2D eigenvalue weighted by Gasteiger charge is 2.10. The lowest BCUT2D eigenvalue weighted by Crippen LogP contribution is -2.26. The van der Waals surface area contributed by atoms with E-state index in [4.69, 9.17) is 0 Å². The van der Waals surface area contributed by atoms with Crippen LogP contribution >= 0.6 is 11.3 Å². The van der Waals surface area contributed by atoms with E-state index in [9.17, 15) is 9.59 Å². The normalized spacial score (nSPS) is 11.5. The number of amides is 2. The van der Waals surface area contributed by atoms with Crippen LogP contribution in [0.5, 0.6) is 0 Å². The van der Waals surface area contributed by atoms with Crippen LogP contribution in [0.3, 0.4) is 0 Å². The van der Waals surface area contributed by atoms with E-state index >= 15 is 0 Å². The molecular formula is C19H21N3O2S. The molecule has 2 rings (SSSR count). The number of carbonyl (C=O) groups excluding carboxylic acids is 2. The van der Waals surface area contributed by atoms with Gasteiger partial charge in [0.15, 0.2) is 5.13 Å². The van der Waals surface area contributed by atoms with Gasteiger partial charge in [0.25, 0.3) is 5.91 Å². The quantitative estimate of drug-likeness (QED) is 0.746. The van der Waals surface area contributed by atoms with Crippen LogP contribution in [0.15, 0.2) is 59.5 Å². The van der Waals surface area contributed by atoms with Gasteiger partial charge in [-0.1, -0.05) is 42.0 Å². The first-order valence-electron chi connectivity index (χ1n) is 7.94. The van der Waals surface area contributed by atoms with Crippen LogP contribution in [0.4, 0.5) is 5.13 Å². The average Bonchev–Trinajstić information content (AvgIpc) is 3.05. The number of carbonyl (C=O) groups is 2. The molecule has 0 spiro atoms. The number of benzene rings is 1. The molecule has 2 amide bonds. The molecule has 0 saturated heterocycles. The molecule has 1 heterocycles. The predicted molar refractivity (Wildman–Crippen MR) is 102 cm³/mol. The predicted octanol–water partition coefficient (Wildman–Crippen LogP) is 3.58. The third-order valence-corrected chi connectivity index (χ3v) is 4.09. The summed E-state index contributed by atoms with van der Waals surface area (Å²) in [6, 6.07) is 8.94. The number of hydrogen-bond acceptors (Lipinski definition) is 4. The number of aromatic nitrogens is 1. The number of thiazole rings is 1. The lowest BCUT2D eigenvalue weighted by atomic mass is 10.2. The highest BCUT2D eigenvalue weighted by atomic mass is 32.1. The molecule has 1 aromatic carbocycles. The Balaban J connectivity index is 1.84. The zero-order chi connectivity index (χ0) is 18.1. The van der Waals surface area contributed by atoms with Gasteiger partial charge in [-0.25, -0.2) is 4.98 Å². The molecule has 0 aliphatic heterocycles. The fourth-order valence-electron chi connectivity index (χ4n) is 1.99. The van der Waals surface area contributed by atoms with E-state index in [0.717, 1.165) is 5.57 Å². The van der Waals surface area contributed by atoms with Crippen LogP contribution in [0.1, 0.15) is 29.9 Å². The van der Waals surface area contributed by atoms with Crippen molar-refractivity contribution in [2.75, 3.05) is 11.9 Å². The summed E-state index contributed by atoms with van der Waals surface area (Å²) in [4.78, 5) is 28.3. The summed E-state index contributed by atoms with van der Waals surface area (Å²) in [7, 11) is 0. The third-order valence-electron chi connectivity index (χ3n) is 3.29.